The number of ether oxygens (including phenoxy) is 1. The van der Waals surface area contributed by atoms with Gasteiger partial charge in [0, 0.05) is 16.2 Å². The monoisotopic (exact) mass is 402 g/mol. The molecule has 0 spiro atoms. The van der Waals surface area contributed by atoms with Crippen molar-refractivity contribution in [2.75, 3.05) is 6.61 Å². The van der Waals surface area contributed by atoms with Crippen LogP contribution in [-0.2, 0) is 14.3 Å². The predicted octanol–water partition coefficient (Wildman–Crippen LogP) is 1.51. The van der Waals surface area contributed by atoms with Gasteiger partial charge in [-0.3, -0.25) is 14.9 Å². The highest BCUT2D eigenvalue weighted by Gasteiger charge is 2.43. The number of halogens is 1. The Balaban J connectivity index is 1.56. The Morgan fingerprint density at radius 1 is 1.32 bits per heavy atom. The van der Waals surface area contributed by atoms with E-state index in [-0.39, 0.29) is 12.6 Å². The second kappa shape index (κ2) is 7.46. The zero-order valence-corrected chi connectivity index (χ0v) is 15.8. The molecule has 2 N–H and O–H groups in total. The third-order valence-electron chi connectivity index (χ3n) is 5.15. The Kier molecular flexibility index (Phi) is 5.01. The number of carbonyl (C=O) groups excluding carboxylic acids is 2. The Morgan fingerprint density at radius 2 is 2.07 bits per heavy atom. The molecule has 0 radical (unpaired) electrons. The molecule has 2 aliphatic rings. The van der Waals surface area contributed by atoms with E-state index in [4.69, 9.17) is 16.3 Å². The van der Waals surface area contributed by atoms with Crippen LogP contribution >= 0.6 is 11.6 Å². The zero-order chi connectivity index (χ0) is 19.8. The molecular formula is C19H19ClN4O4. The number of imide groups is 1. The molecule has 8 nitrogen and oxygen atoms in total. The van der Waals surface area contributed by atoms with Gasteiger partial charge in [0.05, 0.1) is 30.9 Å². The fraction of sp³-hybridized carbons (Fsp3) is 0.368. The topological polar surface area (TPSA) is 106 Å². The first-order chi connectivity index (χ1) is 13.5. The van der Waals surface area contributed by atoms with Crippen LogP contribution in [0.5, 0.6) is 0 Å². The fourth-order valence-electron chi connectivity index (χ4n) is 3.62. The SMILES string of the molecule is CC1=CC([C@H]2C[C@H](n3cc(-c4ccc(Cl)cc4)nn3)[C@@H](CO)O2)C(=O)NC1=O. The van der Waals surface area contributed by atoms with Crippen molar-refractivity contribution in [2.45, 2.75) is 31.6 Å². The highest BCUT2D eigenvalue weighted by Crippen LogP contribution is 2.36. The molecule has 2 aromatic rings. The maximum Gasteiger partial charge on any atom is 0.253 e. The Labute approximate surface area is 166 Å². The quantitative estimate of drug-likeness (QED) is 0.751. The number of hydrogen-bond acceptors (Lipinski definition) is 6. The maximum absolute atomic E-state index is 12.2. The van der Waals surface area contributed by atoms with Crippen LogP contribution in [0.2, 0.25) is 5.02 Å². The van der Waals surface area contributed by atoms with Crippen molar-refractivity contribution in [3.05, 3.63) is 47.1 Å². The summed E-state index contributed by atoms with van der Waals surface area (Å²) >= 11 is 5.92. The largest absolute Gasteiger partial charge is 0.394 e. The molecule has 0 bridgehead atoms. The van der Waals surface area contributed by atoms with Crippen molar-refractivity contribution in [1.82, 2.24) is 20.3 Å². The minimum atomic E-state index is -0.587. The summed E-state index contributed by atoms with van der Waals surface area (Å²) in [5, 5.41) is 21.1. The lowest BCUT2D eigenvalue weighted by atomic mass is 9.92. The van der Waals surface area contributed by atoms with Gasteiger partial charge in [0.2, 0.25) is 5.91 Å². The molecule has 2 aliphatic heterocycles. The van der Waals surface area contributed by atoms with Gasteiger partial charge >= 0.3 is 0 Å². The molecule has 1 aromatic carbocycles. The molecule has 9 heteroatoms. The van der Waals surface area contributed by atoms with Crippen molar-refractivity contribution in [3.63, 3.8) is 0 Å². The Morgan fingerprint density at radius 3 is 2.79 bits per heavy atom. The van der Waals surface area contributed by atoms with Crippen molar-refractivity contribution in [2.24, 2.45) is 5.92 Å². The number of amides is 2. The van der Waals surface area contributed by atoms with Crippen molar-refractivity contribution in [1.29, 1.82) is 0 Å². The predicted molar refractivity (Wildman–Crippen MR) is 100 cm³/mol. The highest BCUT2D eigenvalue weighted by molar-refractivity contribution is 6.30. The summed E-state index contributed by atoms with van der Waals surface area (Å²) in [6.07, 6.45) is 2.89. The van der Waals surface area contributed by atoms with Crippen molar-refractivity contribution < 1.29 is 19.4 Å². The molecule has 1 saturated heterocycles. The summed E-state index contributed by atoms with van der Waals surface area (Å²) in [6.45, 7) is 1.44. The first kappa shape index (κ1) is 18.8. The van der Waals surface area contributed by atoms with E-state index >= 15 is 0 Å². The Hall–Kier alpha value is -2.55. The van der Waals surface area contributed by atoms with Crippen LogP contribution in [0.3, 0.4) is 0 Å². The van der Waals surface area contributed by atoms with Gasteiger partial charge in [-0.15, -0.1) is 5.10 Å². The molecule has 0 aliphatic carbocycles. The van der Waals surface area contributed by atoms with Crippen LogP contribution in [0.4, 0.5) is 0 Å². The summed E-state index contributed by atoms with van der Waals surface area (Å²) in [5.74, 6) is -1.37. The summed E-state index contributed by atoms with van der Waals surface area (Å²) in [5.41, 5.74) is 2.02. The molecule has 4 atom stereocenters. The van der Waals surface area contributed by atoms with Gasteiger partial charge in [-0.05, 0) is 25.5 Å². The second-order valence-electron chi connectivity index (χ2n) is 6.98. The number of aliphatic hydroxyl groups excluding tert-OH is 1. The van der Waals surface area contributed by atoms with Crippen LogP contribution in [0.25, 0.3) is 11.3 Å². The molecule has 1 fully saturated rings. The molecule has 3 heterocycles. The highest BCUT2D eigenvalue weighted by atomic mass is 35.5. The molecular weight excluding hydrogens is 384 g/mol. The molecule has 0 saturated carbocycles. The second-order valence-corrected chi connectivity index (χ2v) is 7.42. The van der Waals surface area contributed by atoms with Crippen LogP contribution in [0.15, 0.2) is 42.1 Å². The molecule has 1 aromatic heterocycles. The van der Waals surface area contributed by atoms with E-state index in [1.165, 1.54) is 0 Å². The molecule has 4 rings (SSSR count). The van der Waals surface area contributed by atoms with E-state index in [0.717, 1.165) is 5.56 Å². The molecule has 28 heavy (non-hydrogen) atoms. The zero-order valence-electron chi connectivity index (χ0n) is 15.1. The number of benzene rings is 1. The minimum absolute atomic E-state index is 0.215. The number of nitrogens with one attached hydrogen (secondary N) is 1. The van der Waals surface area contributed by atoms with E-state index in [2.05, 4.69) is 15.6 Å². The third-order valence-corrected chi connectivity index (χ3v) is 5.40. The molecule has 2 amide bonds. The van der Waals surface area contributed by atoms with Crippen LogP contribution < -0.4 is 5.32 Å². The number of aliphatic hydroxyl groups is 1. The maximum atomic E-state index is 12.2. The fourth-order valence-corrected chi connectivity index (χ4v) is 3.74. The van der Waals surface area contributed by atoms with Gasteiger partial charge in [0.25, 0.3) is 5.91 Å². The molecule has 1 unspecified atom stereocenters. The van der Waals surface area contributed by atoms with Crippen LogP contribution in [-0.4, -0.2) is 50.7 Å². The van der Waals surface area contributed by atoms with Gasteiger partial charge in [0.15, 0.2) is 0 Å². The van der Waals surface area contributed by atoms with Gasteiger partial charge in [-0.2, -0.15) is 0 Å². The van der Waals surface area contributed by atoms with E-state index in [0.29, 0.717) is 22.7 Å². The summed E-state index contributed by atoms with van der Waals surface area (Å²) in [7, 11) is 0. The van der Waals surface area contributed by atoms with Gasteiger partial charge in [-0.1, -0.05) is 35.0 Å². The van der Waals surface area contributed by atoms with Crippen molar-refractivity contribution >= 4 is 23.4 Å². The van der Waals surface area contributed by atoms with Crippen molar-refractivity contribution in [3.8, 4) is 11.3 Å². The summed E-state index contributed by atoms with van der Waals surface area (Å²) < 4.78 is 7.59. The average Bonchev–Trinajstić information content (AvgIpc) is 3.32. The van der Waals surface area contributed by atoms with Gasteiger partial charge < -0.3 is 9.84 Å². The first-order valence-corrected chi connectivity index (χ1v) is 9.31. The van der Waals surface area contributed by atoms with E-state index in [1.54, 1.807) is 36.0 Å². The van der Waals surface area contributed by atoms with Gasteiger partial charge in [0.1, 0.15) is 11.8 Å². The smallest absolute Gasteiger partial charge is 0.253 e. The number of carbonyl (C=O) groups is 2. The average molecular weight is 403 g/mol. The Bertz CT molecular complexity index is 940. The van der Waals surface area contributed by atoms with Crippen LogP contribution in [0, 0.1) is 5.92 Å². The number of aromatic nitrogens is 3. The first-order valence-electron chi connectivity index (χ1n) is 8.94. The number of rotatable bonds is 4. The molecule has 146 valence electrons. The lowest BCUT2D eigenvalue weighted by Gasteiger charge is -2.23. The van der Waals surface area contributed by atoms with E-state index in [9.17, 15) is 14.7 Å². The normalized spacial score (nSPS) is 27.6. The van der Waals surface area contributed by atoms with E-state index in [1.807, 2.05) is 12.1 Å². The van der Waals surface area contributed by atoms with E-state index < -0.39 is 29.9 Å². The lowest BCUT2D eigenvalue weighted by molar-refractivity contribution is -0.134. The summed E-state index contributed by atoms with van der Waals surface area (Å²) in [4.78, 5) is 23.8. The number of hydrogen-bond donors (Lipinski definition) is 2. The standard InChI is InChI=1S/C19H19ClN4O4/c1-10-6-13(19(27)21-18(10)26)16-7-15(17(9-25)28-16)24-8-14(22-23-24)11-2-4-12(20)5-3-11/h2-6,8,13,15-17,25H,7,9H2,1H3,(H,21,26,27)/t13?,15-,16+,17+/m0/s1. The lowest BCUT2D eigenvalue weighted by Crippen LogP contribution is -2.44. The number of nitrogens with zero attached hydrogens (tertiary/aromatic N) is 3. The third kappa shape index (κ3) is 3.46. The minimum Gasteiger partial charge on any atom is -0.394 e. The van der Waals surface area contributed by atoms with Crippen LogP contribution in [0.1, 0.15) is 19.4 Å². The summed E-state index contributed by atoms with van der Waals surface area (Å²) in [6, 6.07) is 6.98. The van der Waals surface area contributed by atoms with Gasteiger partial charge in [-0.25, -0.2) is 4.68 Å².